The first kappa shape index (κ1) is 23.2. The SMILES string of the molecule is CC(=O)N1CCc2cc(C(=O)[C@H](C)OC(=O)[C@@H](NC(=O)c3ccccc3)C(C)C)ccc21. The van der Waals surface area contributed by atoms with Crippen LogP contribution in [0.3, 0.4) is 0 Å². The molecular formula is C25H28N2O5. The third kappa shape index (κ3) is 5.04. The number of fused-ring (bicyclic) bond motifs is 1. The quantitative estimate of drug-likeness (QED) is 0.532. The number of anilines is 1. The minimum atomic E-state index is -1.01. The van der Waals surface area contributed by atoms with Gasteiger partial charge >= 0.3 is 5.97 Å². The number of carbonyl (C=O) groups excluding carboxylic acids is 4. The van der Waals surface area contributed by atoms with Gasteiger partial charge in [0.25, 0.3) is 5.91 Å². The third-order valence-corrected chi connectivity index (χ3v) is 5.54. The number of benzene rings is 2. The van der Waals surface area contributed by atoms with Gasteiger partial charge in [0, 0.05) is 30.3 Å². The molecule has 0 aliphatic carbocycles. The lowest BCUT2D eigenvalue weighted by molar-refractivity contribution is -0.149. The van der Waals surface area contributed by atoms with E-state index in [1.165, 1.54) is 13.8 Å². The lowest BCUT2D eigenvalue weighted by Crippen LogP contribution is -2.46. The second-order valence-electron chi connectivity index (χ2n) is 8.27. The van der Waals surface area contributed by atoms with Crippen LogP contribution in [0.25, 0.3) is 0 Å². The van der Waals surface area contributed by atoms with Gasteiger partial charge in [-0.25, -0.2) is 4.79 Å². The Hall–Kier alpha value is -3.48. The van der Waals surface area contributed by atoms with Gasteiger partial charge in [0.2, 0.25) is 11.7 Å². The normalized spacial score (nSPS) is 14.5. The summed E-state index contributed by atoms with van der Waals surface area (Å²) in [6.07, 6.45) is -0.341. The summed E-state index contributed by atoms with van der Waals surface area (Å²) in [5.74, 6) is -1.64. The highest BCUT2D eigenvalue weighted by Gasteiger charge is 2.30. The summed E-state index contributed by atoms with van der Waals surface area (Å²) in [4.78, 5) is 51.5. The number of nitrogens with one attached hydrogen (secondary N) is 1. The van der Waals surface area contributed by atoms with Crippen molar-refractivity contribution in [2.75, 3.05) is 11.4 Å². The van der Waals surface area contributed by atoms with Crippen molar-refractivity contribution in [3.8, 4) is 0 Å². The Balaban J connectivity index is 1.67. The summed E-state index contributed by atoms with van der Waals surface area (Å²) in [5.41, 5.74) is 2.58. The maximum absolute atomic E-state index is 12.9. The number of hydrogen-bond donors (Lipinski definition) is 1. The van der Waals surface area contributed by atoms with Gasteiger partial charge in [-0.3, -0.25) is 14.4 Å². The van der Waals surface area contributed by atoms with Gasteiger partial charge in [-0.1, -0.05) is 32.0 Å². The third-order valence-electron chi connectivity index (χ3n) is 5.54. The van der Waals surface area contributed by atoms with Crippen molar-refractivity contribution in [2.45, 2.75) is 46.3 Å². The summed E-state index contributed by atoms with van der Waals surface area (Å²) in [6, 6.07) is 12.9. The molecule has 168 valence electrons. The van der Waals surface area contributed by atoms with Gasteiger partial charge in [-0.15, -0.1) is 0 Å². The van der Waals surface area contributed by atoms with E-state index < -0.39 is 18.1 Å². The Kier molecular flexibility index (Phi) is 7.08. The zero-order valence-corrected chi connectivity index (χ0v) is 18.8. The molecule has 1 N–H and O–H groups in total. The molecule has 0 unspecified atom stereocenters. The number of nitrogens with zero attached hydrogens (tertiary/aromatic N) is 1. The molecule has 3 rings (SSSR count). The fraction of sp³-hybridized carbons (Fsp3) is 0.360. The molecule has 0 aromatic heterocycles. The highest BCUT2D eigenvalue weighted by atomic mass is 16.5. The van der Waals surface area contributed by atoms with Crippen molar-refractivity contribution in [1.29, 1.82) is 0 Å². The van der Waals surface area contributed by atoms with E-state index in [1.807, 2.05) is 0 Å². The van der Waals surface area contributed by atoms with Crippen LogP contribution in [0.4, 0.5) is 5.69 Å². The summed E-state index contributed by atoms with van der Waals surface area (Å²) in [7, 11) is 0. The maximum atomic E-state index is 12.9. The number of Topliss-reactive ketones (excluding diaryl/α,β-unsaturated/α-hetero) is 1. The van der Waals surface area contributed by atoms with Crippen LogP contribution < -0.4 is 10.2 Å². The van der Waals surface area contributed by atoms with Gasteiger partial charge in [0.05, 0.1) is 0 Å². The van der Waals surface area contributed by atoms with Gasteiger partial charge in [-0.05, 0) is 55.2 Å². The van der Waals surface area contributed by atoms with E-state index in [1.54, 1.807) is 67.3 Å². The van der Waals surface area contributed by atoms with Crippen LogP contribution in [-0.4, -0.2) is 42.3 Å². The van der Waals surface area contributed by atoms with E-state index >= 15 is 0 Å². The minimum absolute atomic E-state index is 0.0394. The molecule has 0 spiro atoms. The Morgan fingerprint density at radius 3 is 2.28 bits per heavy atom. The first-order chi connectivity index (χ1) is 15.2. The standard InChI is InChI=1S/C25H28N2O5/c1-15(2)22(26-24(30)18-8-6-5-7-9-18)25(31)32-16(3)23(29)20-10-11-21-19(14-20)12-13-27(21)17(4)28/h5-11,14-16,22H,12-13H2,1-4H3,(H,26,30)/t16-,22-/m0/s1. The Bertz CT molecular complexity index is 1030. The van der Waals surface area contributed by atoms with Gasteiger partial charge in [0.15, 0.2) is 6.10 Å². The average molecular weight is 437 g/mol. The molecule has 2 aromatic rings. The second kappa shape index (κ2) is 9.77. The molecule has 1 heterocycles. The predicted molar refractivity (Wildman–Crippen MR) is 121 cm³/mol. The largest absolute Gasteiger partial charge is 0.453 e. The molecule has 0 radical (unpaired) electrons. The van der Waals surface area contributed by atoms with Crippen molar-refractivity contribution in [3.05, 3.63) is 65.2 Å². The molecule has 1 aliphatic rings. The fourth-order valence-electron chi connectivity index (χ4n) is 3.73. The maximum Gasteiger partial charge on any atom is 0.329 e. The molecule has 32 heavy (non-hydrogen) atoms. The van der Waals surface area contributed by atoms with Crippen molar-refractivity contribution in [1.82, 2.24) is 5.32 Å². The number of carbonyl (C=O) groups is 4. The van der Waals surface area contributed by atoms with Crippen molar-refractivity contribution in [2.24, 2.45) is 5.92 Å². The van der Waals surface area contributed by atoms with E-state index in [2.05, 4.69) is 5.32 Å². The Labute approximate surface area is 187 Å². The monoisotopic (exact) mass is 436 g/mol. The van der Waals surface area contributed by atoms with Crippen molar-refractivity contribution < 1.29 is 23.9 Å². The predicted octanol–water partition coefficient (Wildman–Crippen LogP) is 3.16. The van der Waals surface area contributed by atoms with Crippen LogP contribution in [0.15, 0.2) is 48.5 Å². The van der Waals surface area contributed by atoms with Crippen LogP contribution in [0.2, 0.25) is 0 Å². The topological polar surface area (TPSA) is 92.8 Å². The smallest absolute Gasteiger partial charge is 0.329 e. The molecule has 7 heteroatoms. The van der Waals surface area contributed by atoms with Crippen LogP contribution in [-0.2, 0) is 20.7 Å². The number of rotatable bonds is 7. The van der Waals surface area contributed by atoms with Gasteiger partial charge in [0.1, 0.15) is 6.04 Å². The first-order valence-corrected chi connectivity index (χ1v) is 10.7. The lowest BCUT2D eigenvalue weighted by atomic mass is 10.0. The lowest BCUT2D eigenvalue weighted by Gasteiger charge is -2.23. The molecule has 2 amide bonds. The fourth-order valence-corrected chi connectivity index (χ4v) is 3.73. The molecular weight excluding hydrogens is 408 g/mol. The molecule has 0 bridgehead atoms. The molecule has 7 nitrogen and oxygen atoms in total. The Morgan fingerprint density at radius 1 is 0.969 bits per heavy atom. The molecule has 1 aliphatic heterocycles. The van der Waals surface area contributed by atoms with E-state index in [4.69, 9.17) is 4.74 Å². The zero-order chi connectivity index (χ0) is 23.4. The van der Waals surface area contributed by atoms with Crippen LogP contribution in [0, 0.1) is 5.92 Å². The first-order valence-electron chi connectivity index (χ1n) is 10.7. The zero-order valence-electron chi connectivity index (χ0n) is 18.8. The number of ether oxygens (including phenoxy) is 1. The summed E-state index contributed by atoms with van der Waals surface area (Å²) >= 11 is 0. The van der Waals surface area contributed by atoms with E-state index in [0.29, 0.717) is 24.1 Å². The highest BCUT2D eigenvalue weighted by molar-refractivity contribution is 6.02. The number of ketones is 1. The number of esters is 1. The van der Waals surface area contributed by atoms with Crippen LogP contribution >= 0.6 is 0 Å². The summed E-state index contributed by atoms with van der Waals surface area (Å²) in [5, 5.41) is 2.70. The molecule has 2 atom stereocenters. The molecule has 2 aromatic carbocycles. The molecule has 0 saturated heterocycles. The van der Waals surface area contributed by atoms with E-state index in [-0.39, 0.29) is 23.5 Å². The van der Waals surface area contributed by atoms with Gasteiger partial charge < -0.3 is 15.0 Å². The minimum Gasteiger partial charge on any atom is -0.453 e. The van der Waals surface area contributed by atoms with Crippen molar-refractivity contribution in [3.63, 3.8) is 0 Å². The van der Waals surface area contributed by atoms with E-state index in [0.717, 1.165) is 11.3 Å². The van der Waals surface area contributed by atoms with Gasteiger partial charge in [-0.2, -0.15) is 0 Å². The average Bonchev–Trinajstić information content (AvgIpc) is 3.20. The van der Waals surface area contributed by atoms with E-state index in [9.17, 15) is 19.2 Å². The second-order valence-corrected chi connectivity index (χ2v) is 8.27. The van der Waals surface area contributed by atoms with Crippen LogP contribution in [0.5, 0.6) is 0 Å². The number of hydrogen-bond acceptors (Lipinski definition) is 5. The molecule has 0 fully saturated rings. The number of amides is 2. The molecule has 0 saturated carbocycles. The highest BCUT2D eigenvalue weighted by Crippen LogP contribution is 2.29. The Morgan fingerprint density at radius 2 is 1.66 bits per heavy atom. The summed E-state index contributed by atoms with van der Waals surface area (Å²) < 4.78 is 5.44. The summed E-state index contributed by atoms with van der Waals surface area (Å²) in [6.45, 7) is 7.21. The van der Waals surface area contributed by atoms with Crippen LogP contribution in [0.1, 0.15) is 54.0 Å². The van der Waals surface area contributed by atoms with Crippen molar-refractivity contribution >= 4 is 29.3 Å².